The Kier molecular flexibility index (Phi) is 4.21. The van der Waals surface area contributed by atoms with Gasteiger partial charge in [-0.3, -0.25) is 4.99 Å². The molecule has 0 saturated heterocycles. The van der Waals surface area contributed by atoms with Gasteiger partial charge in [-0.15, -0.1) is 0 Å². The first-order valence-electron chi connectivity index (χ1n) is 8.54. The predicted molar refractivity (Wildman–Crippen MR) is 101 cm³/mol. The van der Waals surface area contributed by atoms with Crippen LogP contribution in [0.15, 0.2) is 89.9 Å². The van der Waals surface area contributed by atoms with Gasteiger partial charge in [-0.25, -0.2) is 0 Å². The monoisotopic (exact) mass is 328 g/mol. The van der Waals surface area contributed by atoms with Gasteiger partial charge in [0, 0.05) is 17.7 Å². The number of para-hydroxylation sites is 1. The lowest BCUT2D eigenvalue weighted by Gasteiger charge is -2.32. The summed E-state index contributed by atoms with van der Waals surface area (Å²) in [5, 5.41) is 10.5. The Hall–Kier alpha value is -3.07. The van der Waals surface area contributed by atoms with Crippen LogP contribution >= 0.6 is 0 Å². The van der Waals surface area contributed by atoms with Gasteiger partial charge in [-0.2, -0.15) is 0 Å². The molecule has 1 atom stereocenters. The van der Waals surface area contributed by atoms with Crippen molar-refractivity contribution in [2.45, 2.75) is 6.04 Å². The highest BCUT2D eigenvalue weighted by molar-refractivity contribution is 6.00. The Morgan fingerprint density at radius 2 is 1.44 bits per heavy atom. The van der Waals surface area contributed by atoms with Crippen LogP contribution in [0.4, 0.5) is 0 Å². The van der Waals surface area contributed by atoms with E-state index < -0.39 is 0 Å². The van der Waals surface area contributed by atoms with E-state index in [4.69, 9.17) is 4.99 Å². The normalized spacial score (nSPS) is 15.0. The van der Waals surface area contributed by atoms with E-state index in [0.29, 0.717) is 5.75 Å². The lowest BCUT2D eigenvalue weighted by Crippen LogP contribution is -2.33. The summed E-state index contributed by atoms with van der Waals surface area (Å²) < 4.78 is 0. The number of aromatic hydroxyl groups is 1. The van der Waals surface area contributed by atoms with Gasteiger partial charge in [0.15, 0.2) is 0 Å². The molecule has 0 amide bonds. The lowest BCUT2D eigenvalue weighted by molar-refractivity contribution is 0.372. The number of benzene rings is 3. The summed E-state index contributed by atoms with van der Waals surface area (Å²) in [6.07, 6.45) is 0. The van der Waals surface area contributed by atoms with Crippen LogP contribution in [0.1, 0.15) is 22.7 Å². The molecule has 0 bridgehead atoms. The molecule has 1 aliphatic heterocycles. The Bertz CT molecular complexity index is 875. The third-order valence-electron chi connectivity index (χ3n) is 4.56. The summed E-state index contributed by atoms with van der Waals surface area (Å²) in [6, 6.07) is 28.1. The van der Waals surface area contributed by atoms with Crippen LogP contribution in [0.25, 0.3) is 0 Å². The molecule has 0 aromatic heterocycles. The molecule has 1 aliphatic rings. The lowest BCUT2D eigenvalue weighted by atomic mass is 9.95. The maximum atomic E-state index is 10.5. The zero-order chi connectivity index (χ0) is 17.1. The van der Waals surface area contributed by atoms with E-state index in [9.17, 15) is 5.11 Å². The number of hydrogen-bond donors (Lipinski definition) is 1. The minimum absolute atomic E-state index is 0.0659. The molecule has 0 radical (unpaired) electrons. The van der Waals surface area contributed by atoms with E-state index in [1.165, 1.54) is 0 Å². The van der Waals surface area contributed by atoms with Gasteiger partial charge >= 0.3 is 0 Å². The summed E-state index contributed by atoms with van der Waals surface area (Å²) in [5.41, 5.74) is 3.16. The van der Waals surface area contributed by atoms with Gasteiger partial charge in [-0.05, 0) is 11.6 Å². The molecule has 1 N–H and O–H groups in total. The van der Waals surface area contributed by atoms with Crippen molar-refractivity contribution in [1.29, 1.82) is 0 Å². The molecule has 3 heteroatoms. The number of phenols is 1. The molecule has 3 aromatic rings. The second-order valence-corrected chi connectivity index (χ2v) is 6.14. The fraction of sp³-hybridized carbons (Fsp3) is 0.136. The van der Waals surface area contributed by atoms with E-state index in [-0.39, 0.29) is 6.04 Å². The smallest absolute Gasteiger partial charge is 0.131 e. The van der Waals surface area contributed by atoms with Crippen LogP contribution in [0.5, 0.6) is 5.75 Å². The van der Waals surface area contributed by atoms with Crippen molar-refractivity contribution >= 4 is 5.84 Å². The van der Waals surface area contributed by atoms with Crippen molar-refractivity contribution in [2.24, 2.45) is 4.99 Å². The molecule has 0 fully saturated rings. The number of hydrogen-bond acceptors (Lipinski definition) is 3. The largest absolute Gasteiger partial charge is 0.508 e. The van der Waals surface area contributed by atoms with Crippen molar-refractivity contribution in [3.63, 3.8) is 0 Å². The molecule has 124 valence electrons. The first kappa shape index (κ1) is 15.5. The standard InChI is InChI=1S/C22H20N2O/c25-20-14-8-7-13-19(20)21(17-9-3-1-4-10-17)24-16-15-23-22(24)18-11-5-2-6-12-18/h1-14,21,25H,15-16H2. The average Bonchev–Trinajstić information content (AvgIpc) is 3.14. The predicted octanol–water partition coefficient (Wildman–Crippen LogP) is 4.24. The van der Waals surface area contributed by atoms with Crippen LogP contribution in [-0.4, -0.2) is 28.9 Å². The Morgan fingerprint density at radius 3 is 2.16 bits per heavy atom. The number of phenolic OH excluding ortho intramolecular Hbond substituents is 1. The molecule has 1 unspecified atom stereocenters. The average molecular weight is 328 g/mol. The van der Waals surface area contributed by atoms with Crippen molar-refractivity contribution in [2.75, 3.05) is 13.1 Å². The first-order valence-corrected chi connectivity index (χ1v) is 8.54. The zero-order valence-corrected chi connectivity index (χ0v) is 13.9. The van der Waals surface area contributed by atoms with Crippen molar-refractivity contribution < 1.29 is 5.11 Å². The molecule has 25 heavy (non-hydrogen) atoms. The molecule has 0 spiro atoms. The number of nitrogens with zero attached hydrogens (tertiary/aromatic N) is 2. The first-order chi connectivity index (χ1) is 12.3. The molecular formula is C22H20N2O. The van der Waals surface area contributed by atoms with E-state index in [0.717, 1.165) is 35.6 Å². The summed E-state index contributed by atoms with van der Waals surface area (Å²) in [5.74, 6) is 1.30. The van der Waals surface area contributed by atoms with E-state index >= 15 is 0 Å². The van der Waals surface area contributed by atoms with Gasteiger partial charge in [0.2, 0.25) is 0 Å². The third kappa shape index (κ3) is 3.01. The van der Waals surface area contributed by atoms with Gasteiger partial charge in [0.1, 0.15) is 11.6 Å². The van der Waals surface area contributed by atoms with Crippen molar-refractivity contribution in [3.8, 4) is 5.75 Å². The fourth-order valence-electron chi connectivity index (χ4n) is 3.44. The summed E-state index contributed by atoms with van der Waals surface area (Å²) in [4.78, 5) is 7.04. The minimum Gasteiger partial charge on any atom is -0.508 e. The fourth-order valence-corrected chi connectivity index (χ4v) is 3.44. The summed E-state index contributed by atoms with van der Waals surface area (Å²) in [7, 11) is 0. The minimum atomic E-state index is -0.0659. The van der Waals surface area contributed by atoms with E-state index in [1.54, 1.807) is 6.07 Å². The van der Waals surface area contributed by atoms with Crippen molar-refractivity contribution in [3.05, 3.63) is 102 Å². The number of rotatable bonds is 4. The van der Waals surface area contributed by atoms with E-state index in [2.05, 4.69) is 29.2 Å². The SMILES string of the molecule is Oc1ccccc1C(c1ccccc1)N1CCN=C1c1ccccc1. The van der Waals surface area contributed by atoms with Gasteiger partial charge in [0.25, 0.3) is 0 Å². The van der Waals surface area contributed by atoms with Crippen LogP contribution < -0.4 is 0 Å². The third-order valence-corrected chi connectivity index (χ3v) is 4.56. The maximum Gasteiger partial charge on any atom is 0.131 e. The van der Waals surface area contributed by atoms with Crippen LogP contribution in [0, 0.1) is 0 Å². The highest BCUT2D eigenvalue weighted by Crippen LogP contribution is 2.36. The van der Waals surface area contributed by atoms with Gasteiger partial charge in [-0.1, -0.05) is 78.9 Å². The molecule has 0 saturated carbocycles. The zero-order valence-electron chi connectivity index (χ0n) is 13.9. The summed E-state index contributed by atoms with van der Waals surface area (Å²) in [6.45, 7) is 1.60. The number of amidine groups is 1. The van der Waals surface area contributed by atoms with Crippen LogP contribution in [0.3, 0.4) is 0 Å². The van der Waals surface area contributed by atoms with Crippen LogP contribution in [0.2, 0.25) is 0 Å². The topological polar surface area (TPSA) is 35.8 Å². The highest BCUT2D eigenvalue weighted by atomic mass is 16.3. The second-order valence-electron chi connectivity index (χ2n) is 6.14. The summed E-state index contributed by atoms with van der Waals surface area (Å²) >= 11 is 0. The molecule has 0 aliphatic carbocycles. The molecular weight excluding hydrogens is 308 g/mol. The molecule has 3 nitrogen and oxygen atoms in total. The molecule has 4 rings (SSSR count). The van der Waals surface area contributed by atoms with Crippen LogP contribution in [-0.2, 0) is 0 Å². The maximum absolute atomic E-state index is 10.5. The Balaban J connectivity index is 1.82. The molecule has 1 heterocycles. The Morgan fingerprint density at radius 1 is 0.800 bits per heavy atom. The van der Waals surface area contributed by atoms with Gasteiger partial charge in [0.05, 0.1) is 12.6 Å². The second kappa shape index (κ2) is 6.81. The molecule has 3 aromatic carbocycles. The number of aliphatic imine (C=N–C) groups is 1. The quantitative estimate of drug-likeness (QED) is 0.777. The highest BCUT2D eigenvalue weighted by Gasteiger charge is 2.30. The van der Waals surface area contributed by atoms with E-state index in [1.807, 2.05) is 54.6 Å². The Labute approximate surface area is 147 Å². The van der Waals surface area contributed by atoms with Crippen molar-refractivity contribution in [1.82, 2.24) is 4.90 Å². The van der Waals surface area contributed by atoms with Gasteiger partial charge < -0.3 is 10.0 Å².